The van der Waals surface area contributed by atoms with Gasteiger partial charge in [0.05, 0.1) is 5.75 Å². The summed E-state index contributed by atoms with van der Waals surface area (Å²) in [7, 11) is 1.91. The van der Waals surface area contributed by atoms with E-state index in [0.29, 0.717) is 5.13 Å². The summed E-state index contributed by atoms with van der Waals surface area (Å²) in [5.74, 6) is 1.63. The van der Waals surface area contributed by atoms with E-state index in [0.717, 1.165) is 15.9 Å². The van der Waals surface area contributed by atoms with Crippen LogP contribution in [0.4, 0.5) is 5.13 Å². The second-order valence-electron chi connectivity index (χ2n) is 2.55. The number of aryl methyl sites for hydroxylation is 1. The first-order chi connectivity index (χ1) is 6.75. The highest BCUT2D eigenvalue weighted by Crippen LogP contribution is 2.25. The van der Waals surface area contributed by atoms with Crippen LogP contribution in [0.1, 0.15) is 5.82 Å². The Morgan fingerprint density at radius 1 is 1.50 bits per heavy atom. The highest BCUT2D eigenvalue weighted by Gasteiger charge is 2.05. The Bertz CT molecular complexity index is 421. The van der Waals surface area contributed by atoms with Crippen molar-refractivity contribution in [3.8, 4) is 0 Å². The van der Waals surface area contributed by atoms with Crippen LogP contribution in [-0.2, 0) is 12.8 Å². The van der Waals surface area contributed by atoms with Crippen LogP contribution in [0.25, 0.3) is 0 Å². The van der Waals surface area contributed by atoms with Crippen LogP contribution in [0.15, 0.2) is 10.7 Å². The van der Waals surface area contributed by atoms with E-state index in [1.165, 1.54) is 11.3 Å². The Labute approximate surface area is 88.6 Å². The minimum atomic E-state index is 0.491. The third-order valence-electron chi connectivity index (χ3n) is 1.55. The lowest BCUT2D eigenvalue weighted by Crippen LogP contribution is -1.94. The summed E-state index contributed by atoms with van der Waals surface area (Å²) in [6.07, 6.45) is 1.67. The first-order valence-corrected chi connectivity index (χ1v) is 5.60. The van der Waals surface area contributed by atoms with Gasteiger partial charge in [-0.05, 0) is 0 Å². The van der Waals surface area contributed by atoms with Crippen LogP contribution >= 0.6 is 23.1 Å². The number of aromatic nitrogens is 5. The normalized spacial score (nSPS) is 10.6. The Balaban J connectivity index is 1.98. The van der Waals surface area contributed by atoms with Gasteiger partial charge in [-0.3, -0.25) is 0 Å². The lowest BCUT2D eigenvalue weighted by molar-refractivity contribution is 0.848. The highest BCUT2D eigenvalue weighted by molar-refractivity contribution is 8.00. The SMILES string of the molecule is Cn1cnnc1CSc1nnc(N)s1. The fraction of sp³-hybridized carbons (Fsp3) is 0.333. The molecule has 0 saturated carbocycles. The molecule has 0 aliphatic heterocycles. The number of nitrogens with two attached hydrogens (primary N) is 1. The van der Waals surface area contributed by atoms with Gasteiger partial charge in [0.15, 0.2) is 4.34 Å². The van der Waals surface area contributed by atoms with Crippen LogP contribution in [-0.4, -0.2) is 25.0 Å². The molecule has 0 spiro atoms. The van der Waals surface area contributed by atoms with E-state index in [9.17, 15) is 0 Å². The van der Waals surface area contributed by atoms with E-state index < -0.39 is 0 Å². The molecule has 0 amide bonds. The fourth-order valence-electron chi connectivity index (χ4n) is 0.843. The van der Waals surface area contributed by atoms with Gasteiger partial charge in [0.1, 0.15) is 12.2 Å². The smallest absolute Gasteiger partial charge is 0.203 e. The van der Waals surface area contributed by atoms with Crippen LogP contribution < -0.4 is 5.73 Å². The summed E-state index contributed by atoms with van der Waals surface area (Å²) in [6.45, 7) is 0. The molecule has 0 bridgehead atoms. The maximum Gasteiger partial charge on any atom is 0.203 e. The first kappa shape index (κ1) is 9.41. The molecular weight excluding hydrogens is 220 g/mol. The van der Waals surface area contributed by atoms with Crippen molar-refractivity contribution in [2.45, 2.75) is 10.1 Å². The lowest BCUT2D eigenvalue weighted by atomic mass is 10.7. The molecular formula is C6H8N6S2. The van der Waals surface area contributed by atoms with Crippen molar-refractivity contribution >= 4 is 28.2 Å². The minimum absolute atomic E-state index is 0.491. The molecule has 2 heterocycles. The van der Waals surface area contributed by atoms with Crippen molar-refractivity contribution in [1.82, 2.24) is 25.0 Å². The van der Waals surface area contributed by atoms with E-state index in [-0.39, 0.29) is 0 Å². The molecule has 0 aromatic carbocycles. The summed E-state index contributed by atoms with van der Waals surface area (Å²) in [5.41, 5.74) is 5.46. The molecule has 0 radical (unpaired) electrons. The van der Waals surface area contributed by atoms with Crippen LogP contribution in [0.2, 0.25) is 0 Å². The number of hydrogen-bond donors (Lipinski definition) is 1. The first-order valence-electron chi connectivity index (χ1n) is 3.80. The van der Waals surface area contributed by atoms with Crippen molar-refractivity contribution < 1.29 is 0 Å². The predicted octanol–water partition coefficient (Wildman–Crippen LogP) is 0.541. The van der Waals surface area contributed by atoms with Crippen LogP contribution in [0, 0.1) is 0 Å². The Morgan fingerprint density at radius 3 is 2.93 bits per heavy atom. The van der Waals surface area contributed by atoms with E-state index in [2.05, 4.69) is 20.4 Å². The molecule has 0 aliphatic rings. The van der Waals surface area contributed by atoms with Gasteiger partial charge in [0.2, 0.25) is 5.13 Å². The molecule has 0 saturated heterocycles. The summed E-state index contributed by atoms with van der Waals surface area (Å²) >= 11 is 2.93. The topological polar surface area (TPSA) is 82.5 Å². The maximum absolute atomic E-state index is 5.46. The lowest BCUT2D eigenvalue weighted by Gasteiger charge is -1.95. The largest absolute Gasteiger partial charge is 0.374 e. The highest BCUT2D eigenvalue weighted by atomic mass is 32.2. The molecule has 2 N–H and O–H groups in total. The van der Waals surface area contributed by atoms with Crippen LogP contribution in [0.5, 0.6) is 0 Å². The van der Waals surface area contributed by atoms with Gasteiger partial charge in [0.25, 0.3) is 0 Å². The number of hydrogen-bond acceptors (Lipinski definition) is 7. The molecule has 6 nitrogen and oxygen atoms in total. The zero-order valence-corrected chi connectivity index (χ0v) is 9.05. The Hall–Kier alpha value is -1.15. The van der Waals surface area contributed by atoms with Gasteiger partial charge in [-0.1, -0.05) is 23.1 Å². The Kier molecular flexibility index (Phi) is 2.64. The van der Waals surface area contributed by atoms with Crippen molar-refractivity contribution in [2.75, 3.05) is 5.73 Å². The van der Waals surface area contributed by atoms with E-state index >= 15 is 0 Å². The number of nitrogens with zero attached hydrogens (tertiary/aromatic N) is 5. The van der Waals surface area contributed by atoms with E-state index in [1.807, 2.05) is 11.6 Å². The monoisotopic (exact) mass is 228 g/mol. The average molecular weight is 228 g/mol. The molecule has 74 valence electrons. The van der Waals surface area contributed by atoms with Gasteiger partial charge in [-0.2, -0.15) is 0 Å². The number of nitrogen functional groups attached to an aromatic ring is 1. The van der Waals surface area contributed by atoms with Crippen molar-refractivity contribution in [3.63, 3.8) is 0 Å². The molecule has 14 heavy (non-hydrogen) atoms. The van der Waals surface area contributed by atoms with Gasteiger partial charge < -0.3 is 10.3 Å². The summed E-state index contributed by atoms with van der Waals surface area (Å²) in [4.78, 5) is 0. The van der Waals surface area contributed by atoms with E-state index in [4.69, 9.17) is 5.73 Å². The quantitative estimate of drug-likeness (QED) is 0.772. The van der Waals surface area contributed by atoms with Crippen molar-refractivity contribution in [3.05, 3.63) is 12.2 Å². The summed E-state index contributed by atoms with van der Waals surface area (Å²) in [5, 5.41) is 15.8. The minimum Gasteiger partial charge on any atom is -0.374 e. The second kappa shape index (κ2) is 3.93. The summed E-state index contributed by atoms with van der Waals surface area (Å²) in [6, 6.07) is 0. The fourth-order valence-corrected chi connectivity index (χ4v) is 2.47. The predicted molar refractivity (Wildman–Crippen MR) is 54.9 cm³/mol. The third-order valence-corrected chi connectivity index (χ3v) is 3.43. The Morgan fingerprint density at radius 2 is 2.36 bits per heavy atom. The molecule has 0 fully saturated rings. The van der Waals surface area contributed by atoms with Gasteiger partial charge in [0, 0.05) is 7.05 Å². The number of thioether (sulfide) groups is 1. The third kappa shape index (κ3) is 2.02. The number of anilines is 1. The van der Waals surface area contributed by atoms with Crippen molar-refractivity contribution in [2.24, 2.45) is 7.05 Å². The molecule has 8 heteroatoms. The van der Waals surface area contributed by atoms with Gasteiger partial charge in [-0.15, -0.1) is 20.4 Å². The van der Waals surface area contributed by atoms with E-state index in [1.54, 1.807) is 18.1 Å². The molecule has 2 rings (SSSR count). The molecule has 0 atom stereocenters. The van der Waals surface area contributed by atoms with Gasteiger partial charge in [-0.25, -0.2) is 0 Å². The number of rotatable bonds is 3. The molecule has 0 unspecified atom stereocenters. The maximum atomic E-state index is 5.46. The zero-order valence-electron chi connectivity index (χ0n) is 7.41. The van der Waals surface area contributed by atoms with Crippen LogP contribution in [0.3, 0.4) is 0 Å². The standard InChI is InChI=1S/C6H8N6S2/c1-12-3-8-9-4(12)2-13-6-11-10-5(7)14-6/h3H,2H2,1H3,(H2,7,10). The summed E-state index contributed by atoms with van der Waals surface area (Å²) < 4.78 is 2.72. The molecule has 2 aromatic heterocycles. The van der Waals surface area contributed by atoms with Crippen molar-refractivity contribution in [1.29, 1.82) is 0 Å². The average Bonchev–Trinajstić information content (AvgIpc) is 2.72. The zero-order chi connectivity index (χ0) is 9.97. The molecule has 0 aliphatic carbocycles. The van der Waals surface area contributed by atoms with Gasteiger partial charge >= 0.3 is 0 Å². The molecule has 2 aromatic rings. The second-order valence-corrected chi connectivity index (χ2v) is 4.78.